The van der Waals surface area contributed by atoms with Gasteiger partial charge in [0.05, 0.1) is 19.4 Å². The third-order valence-electron chi connectivity index (χ3n) is 4.90. The van der Waals surface area contributed by atoms with Crippen LogP contribution in [0, 0.1) is 0 Å². The minimum atomic E-state index is 0.312. The fraction of sp³-hybridized carbons (Fsp3) is 0.304. The first kappa shape index (κ1) is 18.4. The minimum absolute atomic E-state index is 0.312. The highest BCUT2D eigenvalue weighted by molar-refractivity contribution is 5.44. The highest BCUT2D eigenvalue weighted by Crippen LogP contribution is 2.32. The van der Waals surface area contributed by atoms with E-state index in [9.17, 15) is 0 Å². The van der Waals surface area contributed by atoms with Gasteiger partial charge in [-0.3, -0.25) is 0 Å². The number of ether oxygens (including phenoxy) is 3. The molecule has 0 fully saturated rings. The van der Waals surface area contributed by atoms with Crippen LogP contribution < -0.4 is 19.1 Å². The molecule has 4 rings (SSSR count). The van der Waals surface area contributed by atoms with Crippen LogP contribution in [0.5, 0.6) is 17.2 Å². The van der Waals surface area contributed by atoms with Crippen LogP contribution in [-0.4, -0.2) is 19.9 Å². The molecule has 0 saturated carbocycles. The summed E-state index contributed by atoms with van der Waals surface area (Å²) < 4.78 is 22.0. The molecule has 146 valence electrons. The SMILES string of the molecule is CCOc1ccc(C[NH+](CCc2ccc3c(c2)OCO3)Cc2ccco2)cc1. The second-order valence-corrected chi connectivity index (χ2v) is 6.95. The maximum Gasteiger partial charge on any atom is 0.231 e. The highest BCUT2D eigenvalue weighted by Gasteiger charge is 2.16. The lowest BCUT2D eigenvalue weighted by Gasteiger charge is -2.19. The van der Waals surface area contributed by atoms with Gasteiger partial charge in [-0.05, 0) is 61.0 Å². The summed E-state index contributed by atoms with van der Waals surface area (Å²) in [5, 5.41) is 0. The second-order valence-electron chi connectivity index (χ2n) is 6.95. The third-order valence-corrected chi connectivity index (χ3v) is 4.90. The van der Waals surface area contributed by atoms with Gasteiger partial charge in [0.25, 0.3) is 0 Å². The Kier molecular flexibility index (Phi) is 5.83. The van der Waals surface area contributed by atoms with Gasteiger partial charge in [-0.15, -0.1) is 0 Å². The molecule has 0 radical (unpaired) electrons. The minimum Gasteiger partial charge on any atom is -0.494 e. The highest BCUT2D eigenvalue weighted by atomic mass is 16.7. The monoisotopic (exact) mass is 380 g/mol. The van der Waals surface area contributed by atoms with E-state index in [-0.39, 0.29) is 0 Å². The predicted molar refractivity (Wildman–Crippen MR) is 106 cm³/mol. The van der Waals surface area contributed by atoms with E-state index in [1.165, 1.54) is 16.0 Å². The third kappa shape index (κ3) is 4.67. The first-order valence-corrected chi connectivity index (χ1v) is 9.76. The van der Waals surface area contributed by atoms with Crippen molar-refractivity contribution in [2.24, 2.45) is 0 Å². The van der Waals surface area contributed by atoms with Crippen molar-refractivity contribution in [3.63, 3.8) is 0 Å². The Morgan fingerprint density at radius 3 is 2.54 bits per heavy atom. The van der Waals surface area contributed by atoms with Crippen molar-refractivity contribution in [3.05, 3.63) is 77.7 Å². The molecule has 0 spiro atoms. The van der Waals surface area contributed by atoms with Gasteiger partial charge in [-0.25, -0.2) is 0 Å². The number of nitrogens with one attached hydrogen (secondary N) is 1. The normalized spacial score (nSPS) is 13.5. The molecule has 0 saturated heterocycles. The van der Waals surface area contributed by atoms with Crippen molar-refractivity contribution < 1.29 is 23.5 Å². The molecule has 3 aromatic rings. The Morgan fingerprint density at radius 2 is 1.75 bits per heavy atom. The van der Waals surface area contributed by atoms with Crippen LogP contribution in [-0.2, 0) is 19.5 Å². The average Bonchev–Trinajstić information content (AvgIpc) is 3.39. The van der Waals surface area contributed by atoms with Crippen molar-refractivity contribution in [3.8, 4) is 17.2 Å². The zero-order valence-electron chi connectivity index (χ0n) is 16.1. The fourth-order valence-electron chi connectivity index (χ4n) is 3.48. The Balaban J connectivity index is 1.42. The Bertz CT molecular complexity index is 874. The van der Waals surface area contributed by atoms with Crippen molar-refractivity contribution >= 4 is 0 Å². The summed E-state index contributed by atoms with van der Waals surface area (Å²) in [6.45, 7) is 5.77. The molecule has 0 amide bonds. The standard InChI is InChI=1S/C23H25NO4/c1-2-25-20-8-5-19(6-9-20)15-24(16-21-4-3-13-26-21)12-11-18-7-10-22-23(14-18)28-17-27-22/h3-10,13-14H,2,11-12,15-17H2,1H3/p+1. The zero-order chi connectivity index (χ0) is 19.2. The second kappa shape index (κ2) is 8.85. The smallest absolute Gasteiger partial charge is 0.231 e. The summed E-state index contributed by atoms with van der Waals surface area (Å²) in [7, 11) is 0. The van der Waals surface area contributed by atoms with Gasteiger partial charge in [0, 0.05) is 12.0 Å². The van der Waals surface area contributed by atoms with E-state index >= 15 is 0 Å². The Hall–Kier alpha value is -2.92. The maximum absolute atomic E-state index is 5.59. The molecule has 2 heterocycles. The van der Waals surface area contributed by atoms with E-state index in [0.29, 0.717) is 13.4 Å². The number of rotatable bonds is 9. The van der Waals surface area contributed by atoms with E-state index < -0.39 is 0 Å². The molecule has 1 N–H and O–H groups in total. The lowest BCUT2D eigenvalue weighted by Crippen LogP contribution is -3.09. The lowest BCUT2D eigenvalue weighted by atomic mass is 10.1. The molecule has 5 heteroatoms. The van der Waals surface area contributed by atoms with Gasteiger partial charge < -0.3 is 23.5 Å². The molecule has 5 nitrogen and oxygen atoms in total. The maximum atomic E-state index is 5.59. The summed E-state index contributed by atoms with van der Waals surface area (Å²) >= 11 is 0. The van der Waals surface area contributed by atoms with Crippen molar-refractivity contribution in [1.29, 1.82) is 0 Å². The molecular weight excluding hydrogens is 354 g/mol. The number of fused-ring (bicyclic) bond motifs is 1. The van der Waals surface area contributed by atoms with Crippen LogP contribution in [0.15, 0.2) is 65.3 Å². The number of benzene rings is 2. The molecule has 1 aliphatic heterocycles. The molecule has 1 aliphatic rings. The van der Waals surface area contributed by atoms with Crippen LogP contribution in [0.1, 0.15) is 23.8 Å². The topological polar surface area (TPSA) is 45.3 Å². The first-order chi connectivity index (χ1) is 13.8. The lowest BCUT2D eigenvalue weighted by molar-refractivity contribution is -0.928. The van der Waals surface area contributed by atoms with Crippen LogP contribution in [0.3, 0.4) is 0 Å². The quantitative estimate of drug-likeness (QED) is 0.619. The molecule has 28 heavy (non-hydrogen) atoms. The van der Waals surface area contributed by atoms with E-state index in [1.807, 2.05) is 37.3 Å². The number of furan rings is 1. The largest absolute Gasteiger partial charge is 0.494 e. The first-order valence-electron chi connectivity index (χ1n) is 9.76. The van der Waals surface area contributed by atoms with Crippen molar-refractivity contribution in [2.45, 2.75) is 26.4 Å². The Morgan fingerprint density at radius 1 is 0.929 bits per heavy atom. The van der Waals surface area contributed by atoms with E-state index in [4.69, 9.17) is 18.6 Å². The summed E-state index contributed by atoms with van der Waals surface area (Å²) in [6.07, 6.45) is 2.70. The molecule has 1 aromatic heterocycles. The van der Waals surface area contributed by atoms with Crippen molar-refractivity contribution in [1.82, 2.24) is 0 Å². The zero-order valence-corrected chi connectivity index (χ0v) is 16.1. The molecule has 0 bridgehead atoms. The van der Waals surface area contributed by atoms with E-state index in [2.05, 4.69) is 24.3 Å². The van der Waals surface area contributed by atoms with Gasteiger partial charge in [0.2, 0.25) is 6.79 Å². The summed E-state index contributed by atoms with van der Waals surface area (Å²) in [4.78, 5) is 1.44. The summed E-state index contributed by atoms with van der Waals surface area (Å²) in [5.41, 5.74) is 2.54. The van der Waals surface area contributed by atoms with Crippen LogP contribution in [0.25, 0.3) is 0 Å². The molecule has 0 aliphatic carbocycles. The number of quaternary nitrogens is 1. The van der Waals surface area contributed by atoms with Crippen LogP contribution in [0.4, 0.5) is 0 Å². The molecule has 1 atom stereocenters. The van der Waals surface area contributed by atoms with Crippen molar-refractivity contribution in [2.75, 3.05) is 19.9 Å². The fourth-order valence-corrected chi connectivity index (χ4v) is 3.48. The summed E-state index contributed by atoms with van der Waals surface area (Å²) in [6, 6.07) is 18.6. The summed E-state index contributed by atoms with van der Waals surface area (Å²) in [5.74, 6) is 3.60. The van der Waals surface area contributed by atoms with Gasteiger partial charge in [-0.2, -0.15) is 0 Å². The average molecular weight is 380 g/mol. The van der Waals surface area contributed by atoms with E-state index in [0.717, 1.165) is 49.1 Å². The molecular formula is C23H26NO4+. The van der Waals surface area contributed by atoms with Gasteiger partial charge in [0.1, 0.15) is 18.8 Å². The van der Waals surface area contributed by atoms with E-state index in [1.54, 1.807) is 6.26 Å². The number of hydrogen-bond donors (Lipinski definition) is 1. The molecule has 1 unspecified atom stereocenters. The molecule has 2 aromatic carbocycles. The number of hydrogen-bond acceptors (Lipinski definition) is 4. The van der Waals surface area contributed by atoms with Crippen LogP contribution >= 0.6 is 0 Å². The predicted octanol–water partition coefficient (Wildman–Crippen LogP) is 3.23. The van der Waals surface area contributed by atoms with Gasteiger partial charge in [0.15, 0.2) is 17.3 Å². The van der Waals surface area contributed by atoms with Gasteiger partial charge >= 0.3 is 0 Å². The van der Waals surface area contributed by atoms with Crippen LogP contribution in [0.2, 0.25) is 0 Å². The Labute approximate surface area is 165 Å². The van der Waals surface area contributed by atoms with Gasteiger partial charge in [-0.1, -0.05) is 6.07 Å².